The molecule has 0 radical (unpaired) electrons. The molecule has 0 fully saturated rings. The van der Waals surface area contributed by atoms with Gasteiger partial charge >= 0.3 is 0 Å². The summed E-state index contributed by atoms with van der Waals surface area (Å²) in [5, 5.41) is 2.88. The minimum atomic E-state index is -0.285. The van der Waals surface area contributed by atoms with Crippen molar-refractivity contribution in [3.8, 4) is 0 Å². The smallest absolute Gasteiger partial charge is 0.251 e. The molecule has 1 amide bonds. The second-order valence-electron chi connectivity index (χ2n) is 5.07. The number of nitrogens with two attached hydrogens (primary N) is 1. The van der Waals surface area contributed by atoms with Crippen molar-refractivity contribution < 1.29 is 9.53 Å². The highest BCUT2D eigenvalue weighted by molar-refractivity contribution is 7.80. The van der Waals surface area contributed by atoms with Gasteiger partial charge in [0.25, 0.3) is 5.91 Å². The van der Waals surface area contributed by atoms with E-state index < -0.39 is 0 Å². The highest BCUT2D eigenvalue weighted by Crippen LogP contribution is 2.21. The van der Waals surface area contributed by atoms with Gasteiger partial charge in [0.15, 0.2) is 0 Å². The summed E-state index contributed by atoms with van der Waals surface area (Å²) in [5.41, 5.74) is 8.49. The molecule has 1 heterocycles. The summed E-state index contributed by atoms with van der Waals surface area (Å²) in [6, 6.07) is 5.32. The van der Waals surface area contributed by atoms with Gasteiger partial charge in [0, 0.05) is 5.56 Å². The second kappa shape index (κ2) is 5.67. The van der Waals surface area contributed by atoms with E-state index >= 15 is 0 Å². The number of carbonyl (C=O) groups is 1. The maximum absolute atomic E-state index is 12.2. The van der Waals surface area contributed by atoms with Gasteiger partial charge in [-0.3, -0.25) is 4.79 Å². The van der Waals surface area contributed by atoms with Gasteiger partial charge in [-0.05, 0) is 29.2 Å². The van der Waals surface area contributed by atoms with Crippen LogP contribution in [0.2, 0.25) is 0 Å². The van der Waals surface area contributed by atoms with Crippen molar-refractivity contribution in [2.45, 2.75) is 33.1 Å². The molecule has 0 saturated heterocycles. The number of carbonyl (C=O) groups excluding carboxylic acids is 1. The van der Waals surface area contributed by atoms with Crippen LogP contribution in [0.25, 0.3) is 0 Å². The molecule has 0 aromatic heterocycles. The Bertz CT molecular complexity index is 514. The molecule has 0 spiro atoms. The van der Waals surface area contributed by atoms with Gasteiger partial charge in [0.2, 0.25) is 0 Å². The van der Waals surface area contributed by atoms with Crippen molar-refractivity contribution in [2.24, 2.45) is 11.7 Å². The molecule has 3 N–H and O–H groups in total. The first-order chi connectivity index (χ1) is 8.99. The summed E-state index contributed by atoms with van der Waals surface area (Å²) >= 11 is 4.98. The van der Waals surface area contributed by atoms with E-state index in [0.29, 0.717) is 23.8 Å². The second-order valence-corrected chi connectivity index (χ2v) is 5.55. The van der Waals surface area contributed by atoms with E-state index in [1.54, 1.807) is 6.07 Å². The van der Waals surface area contributed by atoms with Crippen molar-refractivity contribution >= 4 is 23.1 Å². The molecule has 4 nitrogen and oxygen atoms in total. The number of thiocarbonyl (C=S) groups is 1. The molecule has 1 aromatic rings. The fraction of sp³-hybridized carbons (Fsp3) is 0.429. The molecule has 102 valence electrons. The van der Waals surface area contributed by atoms with Crippen LogP contribution in [0.3, 0.4) is 0 Å². The summed E-state index contributed by atoms with van der Waals surface area (Å²) < 4.78 is 5.33. The van der Waals surface area contributed by atoms with Crippen LogP contribution >= 0.6 is 12.2 Å². The van der Waals surface area contributed by atoms with Crippen molar-refractivity contribution in [1.82, 2.24) is 5.32 Å². The third-order valence-corrected chi connectivity index (χ3v) is 3.50. The predicted octanol–water partition coefficient (Wildman–Crippen LogP) is 1.76. The van der Waals surface area contributed by atoms with Crippen LogP contribution in [0.4, 0.5) is 0 Å². The number of amides is 1. The monoisotopic (exact) mass is 278 g/mol. The molecule has 1 unspecified atom stereocenters. The van der Waals surface area contributed by atoms with Crippen LogP contribution in [-0.2, 0) is 18.0 Å². The first-order valence-corrected chi connectivity index (χ1v) is 6.69. The SMILES string of the molecule is CC(C)C(NC(=O)c1ccc2c(c1)COC2)C(N)=S. The molecule has 1 aromatic carbocycles. The summed E-state index contributed by atoms with van der Waals surface area (Å²) in [5.74, 6) is 0.0143. The maximum atomic E-state index is 12.2. The van der Waals surface area contributed by atoms with Crippen LogP contribution < -0.4 is 11.1 Å². The van der Waals surface area contributed by atoms with Crippen molar-refractivity contribution in [3.05, 3.63) is 34.9 Å². The lowest BCUT2D eigenvalue weighted by atomic mass is 10.0. The van der Waals surface area contributed by atoms with Crippen molar-refractivity contribution in [2.75, 3.05) is 0 Å². The fourth-order valence-electron chi connectivity index (χ4n) is 2.10. The van der Waals surface area contributed by atoms with E-state index in [9.17, 15) is 4.79 Å². The molecular weight excluding hydrogens is 260 g/mol. The number of benzene rings is 1. The summed E-state index contributed by atoms with van der Waals surface area (Å²) in [6.07, 6.45) is 0. The van der Waals surface area contributed by atoms with E-state index in [1.165, 1.54) is 0 Å². The quantitative estimate of drug-likeness (QED) is 0.824. The Balaban J connectivity index is 2.13. The average molecular weight is 278 g/mol. The minimum Gasteiger partial charge on any atom is -0.392 e. The van der Waals surface area contributed by atoms with Crippen LogP contribution in [-0.4, -0.2) is 16.9 Å². The number of hydrogen-bond acceptors (Lipinski definition) is 3. The topological polar surface area (TPSA) is 64.3 Å². The molecule has 1 aliphatic heterocycles. The third kappa shape index (κ3) is 3.11. The molecule has 5 heteroatoms. The zero-order valence-corrected chi connectivity index (χ0v) is 11.9. The van der Waals surface area contributed by atoms with E-state index in [4.69, 9.17) is 22.7 Å². The highest BCUT2D eigenvalue weighted by Gasteiger charge is 2.20. The zero-order chi connectivity index (χ0) is 14.0. The Morgan fingerprint density at radius 2 is 2.05 bits per heavy atom. The van der Waals surface area contributed by atoms with Crippen LogP contribution in [0.5, 0.6) is 0 Å². The van der Waals surface area contributed by atoms with Gasteiger partial charge < -0.3 is 15.8 Å². The van der Waals surface area contributed by atoms with E-state index in [1.807, 2.05) is 26.0 Å². The molecule has 1 aliphatic rings. The average Bonchev–Trinajstić information content (AvgIpc) is 2.81. The lowest BCUT2D eigenvalue weighted by Crippen LogP contribution is -2.46. The molecule has 1 atom stereocenters. The van der Waals surface area contributed by atoms with Gasteiger partial charge in [0.1, 0.15) is 0 Å². The Kier molecular flexibility index (Phi) is 4.17. The number of ether oxygens (including phenoxy) is 1. The number of fused-ring (bicyclic) bond motifs is 1. The van der Waals surface area contributed by atoms with Crippen LogP contribution in [0, 0.1) is 5.92 Å². The first-order valence-electron chi connectivity index (χ1n) is 6.28. The number of hydrogen-bond donors (Lipinski definition) is 2. The number of rotatable bonds is 4. The lowest BCUT2D eigenvalue weighted by Gasteiger charge is -2.21. The Hall–Kier alpha value is -1.46. The third-order valence-electron chi connectivity index (χ3n) is 3.24. The van der Waals surface area contributed by atoms with E-state index in [2.05, 4.69) is 5.32 Å². The van der Waals surface area contributed by atoms with Gasteiger partial charge in [-0.15, -0.1) is 0 Å². The molecule has 0 aliphatic carbocycles. The van der Waals surface area contributed by atoms with Gasteiger partial charge in [-0.25, -0.2) is 0 Å². The Morgan fingerprint density at radius 1 is 1.37 bits per heavy atom. The molecular formula is C14H18N2O2S. The van der Waals surface area contributed by atoms with Crippen LogP contribution in [0.1, 0.15) is 35.3 Å². The summed E-state index contributed by atoms with van der Waals surface area (Å²) in [7, 11) is 0. The van der Waals surface area contributed by atoms with Gasteiger partial charge in [-0.2, -0.15) is 0 Å². The summed E-state index contributed by atoms with van der Waals surface area (Å²) in [6.45, 7) is 5.14. The fourth-order valence-corrected chi connectivity index (χ4v) is 2.44. The molecule has 0 saturated carbocycles. The first kappa shape index (κ1) is 14.0. The Labute approximate surface area is 118 Å². The van der Waals surface area contributed by atoms with Crippen LogP contribution in [0.15, 0.2) is 18.2 Å². The minimum absolute atomic E-state index is 0.152. The Morgan fingerprint density at radius 3 is 2.68 bits per heavy atom. The molecule has 19 heavy (non-hydrogen) atoms. The normalized spacial score (nSPS) is 15.1. The highest BCUT2D eigenvalue weighted by atomic mass is 32.1. The van der Waals surface area contributed by atoms with Gasteiger partial charge in [0.05, 0.1) is 24.2 Å². The lowest BCUT2D eigenvalue weighted by molar-refractivity contribution is 0.0939. The standard InChI is InChI=1S/C14H18N2O2S/c1-8(2)12(13(15)19)16-14(17)9-3-4-10-6-18-7-11(10)5-9/h3-5,8,12H,6-7H2,1-2H3,(H2,15,19)(H,16,17). The molecule has 2 rings (SSSR count). The molecule has 0 bridgehead atoms. The van der Waals surface area contributed by atoms with E-state index in [0.717, 1.165) is 11.1 Å². The largest absolute Gasteiger partial charge is 0.392 e. The van der Waals surface area contributed by atoms with Gasteiger partial charge in [-0.1, -0.05) is 32.1 Å². The van der Waals surface area contributed by atoms with E-state index in [-0.39, 0.29) is 17.9 Å². The van der Waals surface area contributed by atoms with Crippen molar-refractivity contribution in [3.63, 3.8) is 0 Å². The maximum Gasteiger partial charge on any atom is 0.251 e. The van der Waals surface area contributed by atoms with Crippen molar-refractivity contribution in [1.29, 1.82) is 0 Å². The zero-order valence-electron chi connectivity index (χ0n) is 11.1. The predicted molar refractivity (Wildman–Crippen MR) is 77.8 cm³/mol. The number of nitrogens with one attached hydrogen (secondary N) is 1. The summed E-state index contributed by atoms with van der Waals surface area (Å²) in [4.78, 5) is 12.5.